The molecule has 41 heavy (non-hydrogen) atoms. The van der Waals surface area contributed by atoms with E-state index in [9.17, 15) is 9.59 Å². The third-order valence-electron chi connectivity index (χ3n) is 6.62. The monoisotopic (exact) mass is 543 g/mol. The molecule has 0 saturated heterocycles. The molecule has 0 spiro atoms. The number of hydrogen-bond donors (Lipinski definition) is 4. The summed E-state index contributed by atoms with van der Waals surface area (Å²) in [6.45, 7) is 0.218. The van der Waals surface area contributed by atoms with Gasteiger partial charge in [0.25, 0.3) is 0 Å². The summed E-state index contributed by atoms with van der Waals surface area (Å²) in [4.78, 5) is 32.0. The molecule has 0 aliphatic heterocycles. The molecule has 6 aromatic rings. The number of carboxylic acid groups (broad SMARTS) is 1. The van der Waals surface area contributed by atoms with Crippen molar-refractivity contribution in [1.82, 2.24) is 15.3 Å². The van der Waals surface area contributed by atoms with E-state index in [0.29, 0.717) is 11.5 Å². The molecule has 9 heteroatoms. The number of carbonyl (C=O) groups excluding carboxylic acids is 1. The first kappa shape index (κ1) is 25.6. The molecule has 0 fully saturated rings. The van der Waals surface area contributed by atoms with E-state index >= 15 is 0 Å². The van der Waals surface area contributed by atoms with Crippen LogP contribution in [0.4, 0.5) is 22.0 Å². The van der Waals surface area contributed by atoms with Gasteiger partial charge >= 0.3 is 6.09 Å². The molecule has 9 nitrogen and oxygen atoms in total. The maximum Gasteiger partial charge on any atom is 0.404 e. The third-order valence-corrected chi connectivity index (χ3v) is 6.62. The maximum absolute atomic E-state index is 12.5. The normalized spacial score (nSPS) is 10.9. The molecule has 0 saturated carbocycles. The van der Waals surface area contributed by atoms with Crippen LogP contribution in [0.15, 0.2) is 108 Å². The van der Waals surface area contributed by atoms with Gasteiger partial charge in [-0.15, -0.1) is 0 Å². The van der Waals surface area contributed by atoms with Crippen molar-refractivity contribution in [3.8, 4) is 11.3 Å². The molecule has 2 amide bonds. The Morgan fingerprint density at radius 2 is 1.51 bits per heavy atom. The molecule has 4 aromatic carbocycles. The summed E-state index contributed by atoms with van der Waals surface area (Å²) in [5, 5.41) is 19.3. The van der Waals surface area contributed by atoms with Crippen molar-refractivity contribution in [3.05, 3.63) is 115 Å². The number of benzene rings is 4. The number of fused-ring (bicyclic) bond motifs is 3. The first-order valence-electron chi connectivity index (χ1n) is 13.0. The highest BCUT2D eigenvalue weighted by molar-refractivity contribution is 6.09. The van der Waals surface area contributed by atoms with Crippen LogP contribution in [0.1, 0.15) is 11.1 Å². The van der Waals surface area contributed by atoms with E-state index in [-0.39, 0.29) is 18.9 Å². The van der Waals surface area contributed by atoms with Gasteiger partial charge in [0.15, 0.2) is 0 Å². The van der Waals surface area contributed by atoms with Gasteiger partial charge in [0.2, 0.25) is 5.91 Å². The van der Waals surface area contributed by atoms with Crippen LogP contribution >= 0.6 is 0 Å². The summed E-state index contributed by atoms with van der Waals surface area (Å²) in [6, 6.07) is 30.5. The second-order valence-corrected chi connectivity index (χ2v) is 9.47. The molecule has 0 aliphatic carbocycles. The van der Waals surface area contributed by atoms with Crippen LogP contribution in [0, 0.1) is 0 Å². The predicted octanol–water partition coefficient (Wildman–Crippen LogP) is 6.74. The number of aromatic nitrogens is 2. The average molecular weight is 544 g/mol. The zero-order valence-electron chi connectivity index (χ0n) is 21.8. The Labute approximate surface area is 234 Å². The maximum atomic E-state index is 12.5. The van der Waals surface area contributed by atoms with Crippen molar-refractivity contribution in [2.45, 2.75) is 13.0 Å². The molecule has 0 radical (unpaired) electrons. The van der Waals surface area contributed by atoms with E-state index in [2.05, 4.69) is 25.9 Å². The standard InChI is InChI=1S/C32H25N5O4/c38-30(16-20-8-10-21(11-9-20)18-33-32(39)40)37-23-14-12-22(13-15-23)36-29-17-27(34-19-35-29)26-6-3-5-25-24-4-1-2-7-28(24)41-31(25)26/h1-15,17,19,33H,16,18H2,(H,37,38)(H,39,40)(H,34,35,36). The molecule has 0 unspecified atom stereocenters. The molecular formula is C32H25N5O4. The topological polar surface area (TPSA) is 129 Å². The highest BCUT2D eigenvalue weighted by Crippen LogP contribution is 2.35. The number of amides is 2. The fourth-order valence-electron chi connectivity index (χ4n) is 4.65. The van der Waals surface area contributed by atoms with Crippen molar-refractivity contribution in [1.29, 1.82) is 0 Å². The Bertz CT molecular complexity index is 1860. The SMILES string of the molecule is O=C(O)NCc1ccc(CC(=O)Nc2ccc(Nc3cc(-c4cccc5c4oc4ccccc45)ncn3)cc2)cc1. The van der Waals surface area contributed by atoms with Crippen molar-refractivity contribution >= 4 is 51.1 Å². The molecule has 0 atom stereocenters. The van der Waals surface area contributed by atoms with Crippen molar-refractivity contribution < 1.29 is 19.1 Å². The van der Waals surface area contributed by atoms with E-state index in [1.807, 2.05) is 84.9 Å². The highest BCUT2D eigenvalue weighted by Gasteiger charge is 2.13. The van der Waals surface area contributed by atoms with Gasteiger partial charge in [0, 0.05) is 40.3 Å². The van der Waals surface area contributed by atoms with Gasteiger partial charge in [-0.2, -0.15) is 0 Å². The summed E-state index contributed by atoms with van der Waals surface area (Å²) < 4.78 is 6.16. The van der Waals surface area contributed by atoms with Crippen LogP contribution in [-0.4, -0.2) is 27.1 Å². The highest BCUT2D eigenvalue weighted by atomic mass is 16.4. The smallest absolute Gasteiger partial charge is 0.404 e. The Balaban J connectivity index is 1.10. The van der Waals surface area contributed by atoms with Crippen LogP contribution in [-0.2, 0) is 17.8 Å². The largest absolute Gasteiger partial charge is 0.465 e. The summed E-state index contributed by atoms with van der Waals surface area (Å²) in [5.74, 6) is 0.476. The molecule has 2 heterocycles. The molecule has 6 rings (SSSR count). The minimum absolute atomic E-state index is 0.151. The van der Waals surface area contributed by atoms with Crippen LogP contribution < -0.4 is 16.0 Å². The summed E-state index contributed by atoms with van der Waals surface area (Å²) in [7, 11) is 0. The Morgan fingerprint density at radius 3 is 2.32 bits per heavy atom. The Morgan fingerprint density at radius 1 is 0.780 bits per heavy atom. The van der Waals surface area contributed by atoms with E-state index in [4.69, 9.17) is 9.52 Å². The lowest BCUT2D eigenvalue weighted by Crippen LogP contribution is -2.19. The average Bonchev–Trinajstić information content (AvgIpc) is 3.37. The van der Waals surface area contributed by atoms with Crippen LogP contribution in [0.25, 0.3) is 33.2 Å². The van der Waals surface area contributed by atoms with E-state index in [0.717, 1.165) is 50.0 Å². The van der Waals surface area contributed by atoms with Gasteiger partial charge in [-0.25, -0.2) is 14.8 Å². The van der Waals surface area contributed by atoms with Crippen molar-refractivity contribution in [2.24, 2.45) is 0 Å². The van der Waals surface area contributed by atoms with Gasteiger partial charge in [-0.1, -0.05) is 54.6 Å². The lowest BCUT2D eigenvalue weighted by molar-refractivity contribution is -0.115. The zero-order valence-corrected chi connectivity index (χ0v) is 21.8. The summed E-state index contributed by atoms with van der Waals surface area (Å²) in [6.07, 6.45) is 0.644. The molecule has 4 N–H and O–H groups in total. The predicted molar refractivity (Wildman–Crippen MR) is 158 cm³/mol. The third kappa shape index (κ3) is 5.84. The number of anilines is 3. The minimum atomic E-state index is -1.08. The zero-order chi connectivity index (χ0) is 28.2. The number of carbonyl (C=O) groups is 2. The van der Waals surface area contributed by atoms with Crippen molar-refractivity contribution in [3.63, 3.8) is 0 Å². The minimum Gasteiger partial charge on any atom is -0.465 e. The fraction of sp³-hybridized carbons (Fsp3) is 0.0625. The number of nitrogens with zero attached hydrogens (tertiary/aromatic N) is 2. The number of furan rings is 1. The van der Waals surface area contributed by atoms with Gasteiger partial charge in [0.05, 0.1) is 12.1 Å². The number of hydrogen-bond acceptors (Lipinski definition) is 6. The Kier molecular flexibility index (Phi) is 6.98. The second kappa shape index (κ2) is 11.2. The quantitative estimate of drug-likeness (QED) is 0.167. The summed E-state index contributed by atoms with van der Waals surface area (Å²) >= 11 is 0. The van der Waals surface area contributed by atoms with Crippen LogP contribution in [0.2, 0.25) is 0 Å². The fourth-order valence-corrected chi connectivity index (χ4v) is 4.65. The molecule has 202 valence electrons. The summed E-state index contributed by atoms with van der Waals surface area (Å²) in [5.41, 5.74) is 6.36. The Hall–Kier alpha value is -5.70. The molecule has 0 bridgehead atoms. The van der Waals surface area contributed by atoms with Crippen LogP contribution in [0.3, 0.4) is 0 Å². The number of rotatable bonds is 8. The van der Waals surface area contributed by atoms with Gasteiger partial charge in [0.1, 0.15) is 23.3 Å². The van der Waals surface area contributed by atoms with Crippen LogP contribution in [0.5, 0.6) is 0 Å². The van der Waals surface area contributed by atoms with E-state index in [1.54, 1.807) is 12.1 Å². The van der Waals surface area contributed by atoms with Crippen molar-refractivity contribution in [2.75, 3.05) is 10.6 Å². The van der Waals surface area contributed by atoms with Gasteiger partial charge < -0.3 is 25.5 Å². The first-order chi connectivity index (χ1) is 20.0. The number of para-hydroxylation sites is 2. The molecule has 0 aliphatic rings. The second-order valence-electron chi connectivity index (χ2n) is 9.47. The molecule has 2 aromatic heterocycles. The molecular weight excluding hydrogens is 518 g/mol. The first-order valence-corrected chi connectivity index (χ1v) is 13.0. The van der Waals surface area contributed by atoms with E-state index < -0.39 is 6.09 Å². The lowest BCUT2D eigenvalue weighted by atomic mass is 10.1. The van der Waals surface area contributed by atoms with Gasteiger partial charge in [-0.3, -0.25) is 4.79 Å². The lowest BCUT2D eigenvalue weighted by Gasteiger charge is -2.10. The van der Waals surface area contributed by atoms with Gasteiger partial charge in [-0.05, 0) is 47.5 Å². The number of nitrogens with one attached hydrogen (secondary N) is 3. The van der Waals surface area contributed by atoms with E-state index in [1.165, 1.54) is 6.33 Å².